The summed E-state index contributed by atoms with van der Waals surface area (Å²) in [5.41, 5.74) is 7.66. The van der Waals surface area contributed by atoms with E-state index in [2.05, 4.69) is 11.8 Å². The molecule has 0 saturated carbocycles. The molecule has 0 aromatic heterocycles. The largest absolute Gasteiger partial charge is 0.465 e. The Balaban J connectivity index is 1.95. The molecule has 2 unspecified atom stereocenters. The van der Waals surface area contributed by atoms with Crippen LogP contribution in [-0.2, 0) is 11.3 Å². The predicted molar refractivity (Wildman–Crippen MR) is 79.4 cm³/mol. The Morgan fingerprint density at radius 1 is 1.40 bits per heavy atom. The van der Waals surface area contributed by atoms with Gasteiger partial charge in [-0.05, 0) is 49.0 Å². The molecule has 2 rings (SSSR count). The van der Waals surface area contributed by atoms with Gasteiger partial charge in [0.15, 0.2) is 0 Å². The molecule has 110 valence electrons. The van der Waals surface area contributed by atoms with Crippen LogP contribution in [0.3, 0.4) is 0 Å². The molecular weight excluding hydrogens is 252 g/mol. The van der Waals surface area contributed by atoms with Crippen LogP contribution in [0.2, 0.25) is 0 Å². The molecule has 0 radical (unpaired) electrons. The van der Waals surface area contributed by atoms with Crippen molar-refractivity contribution in [2.75, 3.05) is 26.7 Å². The van der Waals surface area contributed by atoms with Crippen molar-refractivity contribution in [3.63, 3.8) is 0 Å². The van der Waals surface area contributed by atoms with E-state index in [0.717, 1.165) is 32.1 Å². The molecule has 1 fully saturated rings. The quantitative estimate of drug-likeness (QED) is 0.853. The number of methoxy groups -OCH3 is 1. The molecule has 1 aromatic rings. The number of carbonyl (C=O) groups excluding carboxylic acids is 1. The molecule has 2 atom stereocenters. The highest BCUT2D eigenvalue weighted by Crippen LogP contribution is 2.23. The molecule has 1 saturated heterocycles. The molecule has 20 heavy (non-hydrogen) atoms. The number of piperidine rings is 1. The standard InChI is InChI=1S/C16H24N2O2/c1-12-7-8-18(11-15(12)9-17)10-13-3-5-14(6-4-13)16(19)20-2/h3-6,12,15H,7-11,17H2,1-2H3. The fraction of sp³-hybridized carbons (Fsp3) is 0.562. The summed E-state index contributed by atoms with van der Waals surface area (Å²) < 4.78 is 4.70. The van der Waals surface area contributed by atoms with Gasteiger partial charge in [-0.2, -0.15) is 0 Å². The molecule has 0 amide bonds. The van der Waals surface area contributed by atoms with Gasteiger partial charge in [0.2, 0.25) is 0 Å². The SMILES string of the molecule is COC(=O)c1ccc(CN2CCC(C)C(CN)C2)cc1. The van der Waals surface area contributed by atoms with E-state index in [1.54, 1.807) is 0 Å². The molecule has 1 aliphatic heterocycles. The van der Waals surface area contributed by atoms with Gasteiger partial charge in [-0.25, -0.2) is 4.79 Å². The number of carbonyl (C=O) groups is 1. The summed E-state index contributed by atoms with van der Waals surface area (Å²) in [6, 6.07) is 7.66. The molecule has 1 heterocycles. The van der Waals surface area contributed by atoms with Crippen LogP contribution in [-0.4, -0.2) is 37.6 Å². The van der Waals surface area contributed by atoms with Gasteiger partial charge in [-0.3, -0.25) is 4.90 Å². The lowest BCUT2D eigenvalue weighted by Crippen LogP contribution is -2.42. The third-order valence-electron chi connectivity index (χ3n) is 4.28. The van der Waals surface area contributed by atoms with Gasteiger partial charge in [0, 0.05) is 13.1 Å². The normalized spacial score (nSPS) is 23.6. The lowest BCUT2D eigenvalue weighted by Gasteiger charge is -2.36. The van der Waals surface area contributed by atoms with Crippen molar-refractivity contribution in [1.82, 2.24) is 4.90 Å². The van der Waals surface area contributed by atoms with E-state index in [9.17, 15) is 4.79 Å². The van der Waals surface area contributed by atoms with Crippen LogP contribution >= 0.6 is 0 Å². The first-order valence-corrected chi connectivity index (χ1v) is 7.23. The molecule has 0 bridgehead atoms. The van der Waals surface area contributed by atoms with E-state index >= 15 is 0 Å². The van der Waals surface area contributed by atoms with Crippen LogP contribution in [0.4, 0.5) is 0 Å². The molecular formula is C16H24N2O2. The number of benzene rings is 1. The first-order chi connectivity index (χ1) is 9.63. The fourth-order valence-corrected chi connectivity index (χ4v) is 2.80. The lowest BCUT2D eigenvalue weighted by atomic mass is 9.87. The Bertz CT molecular complexity index is 444. The third kappa shape index (κ3) is 3.58. The second kappa shape index (κ2) is 6.86. The van der Waals surface area contributed by atoms with Crippen molar-refractivity contribution in [3.05, 3.63) is 35.4 Å². The van der Waals surface area contributed by atoms with Crippen molar-refractivity contribution in [2.24, 2.45) is 17.6 Å². The molecule has 1 aliphatic rings. The smallest absolute Gasteiger partial charge is 0.337 e. The average Bonchev–Trinajstić information content (AvgIpc) is 2.49. The molecule has 4 heteroatoms. The van der Waals surface area contributed by atoms with Gasteiger partial charge in [0.1, 0.15) is 0 Å². The van der Waals surface area contributed by atoms with E-state index in [1.807, 2.05) is 24.3 Å². The molecule has 0 spiro atoms. The van der Waals surface area contributed by atoms with Crippen molar-refractivity contribution in [3.8, 4) is 0 Å². The summed E-state index contributed by atoms with van der Waals surface area (Å²) in [5, 5.41) is 0. The second-order valence-corrected chi connectivity index (χ2v) is 5.69. The lowest BCUT2D eigenvalue weighted by molar-refractivity contribution is 0.0600. The minimum Gasteiger partial charge on any atom is -0.465 e. The van der Waals surface area contributed by atoms with Crippen LogP contribution in [0.25, 0.3) is 0 Å². The second-order valence-electron chi connectivity index (χ2n) is 5.69. The minimum absolute atomic E-state index is 0.286. The Hall–Kier alpha value is -1.39. The zero-order chi connectivity index (χ0) is 14.5. The van der Waals surface area contributed by atoms with Gasteiger partial charge in [-0.1, -0.05) is 19.1 Å². The highest BCUT2D eigenvalue weighted by Gasteiger charge is 2.24. The van der Waals surface area contributed by atoms with Gasteiger partial charge in [-0.15, -0.1) is 0 Å². The maximum atomic E-state index is 11.4. The number of nitrogens with zero attached hydrogens (tertiary/aromatic N) is 1. The van der Waals surface area contributed by atoms with Crippen LogP contribution in [0.5, 0.6) is 0 Å². The van der Waals surface area contributed by atoms with Gasteiger partial charge >= 0.3 is 5.97 Å². The summed E-state index contributed by atoms with van der Waals surface area (Å²) in [4.78, 5) is 13.8. The number of hydrogen-bond donors (Lipinski definition) is 1. The Morgan fingerprint density at radius 3 is 2.70 bits per heavy atom. The minimum atomic E-state index is -0.286. The Labute approximate surface area is 120 Å². The number of rotatable bonds is 4. The van der Waals surface area contributed by atoms with Gasteiger partial charge in [0.25, 0.3) is 0 Å². The summed E-state index contributed by atoms with van der Waals surface area (Å²) in [6.45, 7) is 6.16. The van der Waals surface area contributed by atoms with E-state index in [-0.39, 0.29) is 5.97 Å². The highest BCUT2D eigenvalue weighted by atomic mass is 16.5. The van der Waals surface area contributed by atoms with Gasteiger partial charge in [0.05, 0.1) is 12.7 Å². The first-order valence-electron chi connectivity index (χ1n) is 7.23. The number of hydrogen-bond acceptors (Lipinski definition) is 4. The first kappa shape index (κ1) is 15.0. The number of esters is 1. The molecule has 1 aromatic carbocycles. The van der Waals surface area contributed by atoms with E-state index in [4.69, 9.17) is 10.5 Å². The van der Waals surface area contributed by atoms with Gasteiger partial charge < -0.3 is 10.5 Å². The monoisotopic (exact) mass is 276 g/mol. The van der Waals surface area contributed by atoms with Crippen LogP contribution in [0, 0.1) is 11.8 Å². The van der Waals surface area contributed by atoms with Crippen LogP contribution in [0.1, 0.15) is 29.3 Å². The predicted octanol–water partition coefficient (Wildman–Crippen LogP) is 1.89. The van der Waals surface area contributed by atoms with Crippen molar-refractivity contribution in [1.29, 1.82) is 0 Å². The van der Waals surface area contributed by atoms with E-state index in [1.165, 1.54) is 19.1 Å². The number of nitrogens with two attached hydrogens (primary N) is 1. The summed E-state index contributed by atoms with van der Waals surface area (Å²) in [7, 11) is 1.40. The fourth-order valence-electron chi connectivity index (χ4n) is 2.80. The maximum absolute atomic E-state index is 11.4. The summed E-state index contributed by atoms with van der Waals surface area (Å²) >= 11 is 0. The highest BCUT2D eigenvalue weighted by molar-refractivity contribution is 5.89. The number of ether oxygens (including phenoxy) is 1. The van der Waals surface area contributed by atoms with Crippen LogP contribution < -0.4 is 5.73 Å². The van der Waals surface area contributed by atoms with Crippen LogP contribution in [0.15, 0.2) is 24.3 Å². The van der Waals surface area contributed by atoms with E-state index < -0.39 is 0 Å². The van der Waals surface area contributed by atoms with Crippen molar-refractivity contribution < 1.29 is 9.53 Å². The van der Waals surface area contributed by atoms with Crippen molar-refractivity contribution in [2.45, 2.75) is 19.9 Å². The molecule has 4 nitrogen and oxygen atoms in total. The zero-order valence-electron chi connectivity index (χ0n) is 12.3. The Kier molecular flexibility index (Phi) is 5.15. The average molecular weight is 276 g/mol. The van der Waals surface area contributed by atoms with E-state index in [0.29, 0.717) is 11.5 Å². The molecule has 2 N–H and O–H groups in total. The topological polar surface area (TPSA) is 55.6 Å². The number of likely N-dealkylation sites (tertiary alicyclic amines) is 1. The zero-order valence-corrected chi connectivity index (χ0v) is 12.3. The summed E-state index contributed by atoms with van der Waals surface area (Å²) in [5.74, 6) is 1.03. The van der Waals surface area contributed by atoms with Crippen molar-refractivity contribution >= 4 is 5.97 Å². The Morgan fingerprint density at radius 2 is 2.10 bits per heavy atom. The third-order valence-corrected chi connectivity index (χ3v) is 4.28. The summed E-state index contributed by atoms with van der Waals surface area (Å²) in [6.07, 6.45) is 1.21. The molecule has 0 aliphatic carbocycles. The maximum Gasteiger partial charge on any atom is 0.337 e.